The van der Waals surface area contributed by atoms with Gasteiger partial charge in [-0.1, -0.05) is 285 Å². The monoisotopic (exact) mass is 1420 g/mol. The molecule has 504 valence electrons. The molecule has 23 aromatic rings. The van der Waals surface area contributed by atoms with Crippen molar-refractivity contribution < 1.29 is 4.42 Å². The zero-order valence-corrected chi connectivity index (χ0v) is 59.9. The zero-order chi connectivity index (χ0) is 71.4. The van der Waals surface area contributed by atoms with E-state index in [0.29, 0.717) is 34.9 Å². The molecule has 0 N–H and O–H groups in total. The van der Waals surface area contributed by atoms with E-state index in [1.807, 2.05) is 65.1 Å². The van der Waals surface area contributed by atoms with Crippen LogP contribution < -0.4 is 0 Å². The predicted molar refractivity (Wildman–Crippen MR) is 458 cm³/mol. The Hall–Kier alpha value is -14.0. The number of rotatable bonds is 9. The van der Waals surface area contributed by atoms with Gasteiger partial charge < -0.3 is 4.42 Å². The van der Waals surface area contributed by atoms with Crippen LogP contribution in [0.3, 0.4) is 0 Å². The summed E-state index contributed by atoms with van der Waals surface area (Å²) in [6, 6.07) is 122. The normalized spacial score (nSPS) is 12.0. The molecule has 0 atom stereocenters. The highest BCUT2D eigenvalue weighted by Crippen LogP contribution is 2.49. The summed E-state index contributed by atoms with van der Waals surface area (Å²) in [5, 5.41) is 23.0. The molecule has 7 nitrogen and oxygen atoms in total. The quantitative estimate of drug-likeness (QED) is 0.133. The van der Waals surface area contributed by atoms with Gasteiger partial charge in [-0.05, 0) is 152 Å². The van der Waals surface area contributed by atoms with Crippen LogP contribution in [0.5, 0.6) is 0 Å². The van der Waals surface area contributed by atoms with Crippen LogP contribution in [0.25, 0.3) is 239 Å². The van der Waals surface area contributed by atoms with Gasteiger partial charge in [-0.15, -0.1) is 22.7 Å². The van der Waals surface area contributed by atoms with Crippen molar-refractivity contribution in [3.63, 3.8) is 0 Å². The van der Waals surface area contributed by atoms with Crippen molar-refractivity contribution in [2.24, 2.45) is 0 Å². The molecular weight excluding hydrogens is 1370 g/mol. The van der Waals surface area contributed by atoms with Gasteiger partial charge in [0.1, 0.15) is 11.2 Å². The third kappa shape index (κ3) is 9.94. The highest BCUT2D eigenvalue weighted by molar-refractivity contribution is 7.27. The fourth-order valence-corrected chi connectivity index (χ4v) is 19.6. The number of para-hydroxylation sites is 1. The average molecular weight is 1420 g/mol. The van der Waals surface area contributed by atoms with Gasteiger partial charge in [-0.2, -0.15) is 0 Å². The van der Waals surface area contributed by atoms with Crippen molar-refractivity contribution in [3.05, 3.63) is 340 Å². The Morgan fingerprint density at radius 1 is 0.174 bits per heavy atom. The van der Waals surface area contributed by atoms with Gasteiger partial charge in [0.05, 0.1) is 0 Å². The number of benzene rings is 18. The Morgan fingerprint density at radius 3 is 1.29 bits per heavy atom. The van der Waals surface area contributed by atoms with Crippen molar-refractivity contribution in [1.82, 2.24) is 29.9 Å². The molecule has 0 saturated carbocycles. The number of hydrogen-bond acceptors (Lipinski definition) is 9. The number of hydrogen-bond donors (Lipinski definition) is 0. The van der Waals surface area contributed by atoms with Gasteiger partial charge in [-0.3, -0.25) is 0 Å². The summed E-state index contributed by atoms with van der Waals surface area (Å²) in [6.07, 6.45) is 0. The molecule has 109 heavy (non-hydrogen) atoms. The van der Waals surface area contributed by atoms with E-state index in [1.54, 1.807) is 0 Å². The molecule has 0 saturated heterocycles. The second kappa shape index (κ2) is 24.3. The maximum Gasteiger partial charge on any atom is 0.164 e. The molecule has 0 bridgehead atoms. The first kappa shape index (κ1) is 61.4. The highest BCUT2D eigenvalue weighted by Gasteiger charge is 2.24. The second-order valence-corrected chi connectivity index (χ2v) is 30.4. The van der Waals surface area contributed by atoms with Crippen LogP contribution in [0.15, 0.2) is 344 Å². The van der Waals surface area contributed by atoms with Gasteiger partial charge in [0, 0.05) is 95.4 Å². The first-order chi connectivity index (χ1) is 54.0. The molecule has 5 heterocycles. The van der Waals surface area contributed by atoms with E-state index < -0.39 is 0 Å². The fourth-order valence-electron chi connectivity index (χ4n) is 16.9. The molecule has 0 spiro atoms. The van der Waals surface area contributed by atoms with Gasteiger partial charge in [0.25, 0.3) is 0 Å². The van der Waals surface area contributed by atoms with E-state index >= 15 is 0 Å². The number of aromatic nitrogens is 6. The summed E-state index contributed by atoms with van der Waals surface area (Å²) in [7, 11) is 0. The summed E-state index contributed by atoms with van der Waals surface area (Å²) in [5.41, 5.74) is 14.2. The maximum atomic E-state index is 6.41. The Balaban J connectivity index is 0.652. The van der Waals surface area contributed by atoms with E-state index in [9.17, 15) is 0 Å². The molecule has 0 amide bonds. The van der Waals surface area contributed by atoms with Gasteiger partial charge >= 0.3 is 0 Å². The topological polar surface area (TPSA) is 90.5 Å². The van der Waals surface area contributed by atoms with Crippen LogP contribution in [-0.2, 0) is 0 Å². The maximum absolute atomic E-state index is 6.41. The van der Waals surface area contributed by atoms with Gasteiger partial charge in [0.2, 0.25) is 0 Å². The van der Waals surface area contributed by atoms with Crippen molar-refractivity contribution in [1.29, 1.82) is 0 Å². The smallest absolute Gasteiger partial charge is 0.164 e. The van der Waals surface area contributed by atoms with Crippen LogP contribution in [0.2, 0.25) is 0 Å². The molecule has 23 rings (SSSR count). The average Bonchev–Trinajstić information content (AvgIpc) is 1.62. The summed E-state index contributed by atoms with van der Waals surface area (Å²) in [4.78, 5) is 32.5. The van der Waals surface area contributed by atoms with Gasteiger partial charge in [0.15, 0.2) is 34.9 Å². The summed E-state index contributed by atoms with van der Waals surface area (Å²) in [6.45, 7) is 0. The van der Waals surface area contributed by atoms with Crippen LogP contribution in [-0.4, -0.2) is 29.9 Å². The SMILES string of the molecule is c1ccc(-c2nc(-c3ccc4ccc5c6cccc(-c7cccc8oc9ccccc9c78)c6sc5c4c3)nc(-c3cc4ccccc4c4ccc(-c5ccc6c(-c7nc(-c8ccccc8)nc(-c8ccc9c(ccc%10c%11cccc(-c%12ccc%13ccccc%13c%12)c%11sc9%10)c8)n7)cc7ccccc7c6c5)cc34)n2)cc1. The Bertz CT molecular complexity index is 7820. The lowest BCUT2D eigenvalue weighted by atomic mass is 9.91. The standard InChI is InChI=1S/C100H56N6OS2/c1-3-19-59(20-4-1)95-101-97(68-44-45-73-67(51-68)43-49-80-78-32-15-29-72(91(78)108-92(73)80)66-38-36-57-18-7-8-23-61(57)50-66)105-99(103-95)86-54-65-25-10-12-27-71(65)84-52-62(42-47-75(84)86)63-41-46-74-70-26-11-9-24-64(70)55-87(85(74)53-63)100-104-96(60-21-5-2-6-22-60)102-98(106-100)69-39-37-58-40-48-81-79-33-16-31-77(93(79)109-94(81)83(58)56-69)76-30-17-35-89-90(76)82-28-13-14-34-88(82)107-89/h1-56H. The summed E-state index contributed by atoms with van der Waals surface area (Å²) >= 11 is 3.71. The van der Waals surface area contributed by atoms with E-state index in [4.69, 9.17) is 34.3 Å². The van der Waals surface area contributed by atoms with E-state index in [1.165, 1.54) is 73.2 Å². The van der Waals surface area contributed by atoms with Crippen LogP contribution in [0.1, 0.15) is 0 Å². The number of fused-ring (bicyclic) bond motifs is 20. The molecule has 0 unspecified atom stereocenters. The fraction of sp³-hybridized carbons (Fsp3) is 0. The molecule has 0 aliphatic rings. The molecule has 0 radical (unpaired) electrons. The minimum absolute atomic E-state index is 0.590. The Morgan fingerprint density at radius 2 is 0.587 bits per heavy atom. The van der Waals surface area contributed by atoms with Gasteiger partial charge in [-0.25, -0.2) is 29.9 Å². The molecule has 18 aromatic carbocycles. The van der Waals surface area contributed by atoms with E-state index in [2.05, 4.69) is 297 Å². The highest BCUT2D eigenvalue weighted by atomic mass is 32.1. The summed E-state index contributed by atoms with van der Waals surface area (Å²) in [5.74, 6) is 3.59. The first-order valence-corrected chi connectivity index (χ1v) is 38.3. The van der Waals surface area contributed by atoms with Crippen molar-refractivity contribution >= 4 is 160 Å². The lowest BCUT2D eigenvalue weighted by Gasteiger charge is -2.15. The summed E-state index contributed by atoms with van der Waals surface area (Å²) < 4.78 is 11.4. The zero-order valence-electron chi connectivity index (χ0n) is 58.2. The molecule has 9 heteroatoms. The van der Waals surface area contributed by atoms with Crippen LogP contribution >= 0.6 is 22.7 Å². The Labute approximate surface area is 631 Å². The molecular formula is C100H56N6OS2. The molecule has 0 fully saturated rings. The number of nitrogens with zero attached hydrogens (tertiary/aromatic N) is 6. The van der Waals surface area contributed by atoms with Crippen molar-refractivity contribution in [3.8, 4) is 102 Å². The van der Waals surface area contributed by atoms with Crippen molar-refractivity contribution in [2.75, 3.05) is 0 Å². The molecule has 0 aliphatic heterocycles. The number of thiophene rings is 2. The molecule has 0 aliphatic carbocycles. The van der Waals surface area contributed by atoms with Crippen LogP contribution in [0.4, 0.5) is 0 Å². The second-order valence-electron chi connectivity index (χ2n) is 28.3. The van der Waals surface area contributed by atoms with Crippen molar-refractivity contribution in [2.45, 2.75) is 0 Å². The predicted octanol–water partition coefficient (Wildman–Crippen LogP) is 27.8. The lowest BCUT2D eigenvalue weighted by Crippen LogP contribution is -2.01. The molecule has 5 aromatic heterocycles. The van der Waals surface area contributed by atoms with Crippen LogP contribution in [0, 0.1) is 0 Å². The largest absolute Gasteiger partial charge is 0.456 e. The van der Waals surface area contributed by atoms with E-state index in [0.717, 1.165) is 131 Å². The third-order valence-corrected chi connectivity index (χ3v) is 24.7. The lowest BCUT2D eigenvalue weighted by molar-refractivity contribution is 0.669. The Kier molecular flexibility index (Phi) is 13.7. The minimum Gasteiger partial charge on any atom is -0.456 e. The number of furan rings is 1. The van der Waals surface area contributed by atoms with E-state index in [-0.39, 0.29) is 0 Å². The minimum atomic E-state index is 0.590. The third-order valence-electron chi connectivity index (χ3n) is 22.1. The first-order valence-electron chi connectivity index (χ1n) is 36.7.